The summed E-state index contributed by atoms with van der Waals surface area (Å²) in [6, 6.07) is 20.7. The summed E-state index contributed by atoms with van der Waals surface area (Å²) in [6.07, 6.45) is 0.689. The smallest absolute Gasteiger partial charge is 0.241 e. The lowest BCUT2D eigenvalue weighted by Crippen LogP contribution is -2.06. The summed E-state index contributed by atoms with van der Waals surface area (Å²) < 4.78 is 5.09. The van der Waals surface area contributed by atoms with Gasteiger partial charge in [0.25, 0.3) is 0 Å². The highest BCUT2D eigenvalue weighted by Crippen LogP contribution is 2.27. The van der Waals surface area contributed by atoms with E-state index in [1.165, 1.54) is 11.1 Å². The molecular weight excluding hydrogens is 284 g/mol. The van der Waals surface area contributed by atoms with Crippen LogP contribution in [-0.2, 0) is 12.3 Å². The van der Waals surface area contributed by atoms with Crippen molar-refractivity contribution in [3.63, 3.8) is 0 Å². The molecule has 0 spiro atoms. The van der Waals surface area contributed by atoms with Crippen molar-refractivity contribution in [2.75, 3.05) is 0 Å². The third-order valence-corrected chi connectivity index (χ3v) is 3.64. The highest BCUT2D eigenvalue weighted by Gasteiger charge is 2.17. The van der Waals surface area contributed by atoms with Gasteiger partial charge in [-0.05, 0) is 11.1 Å². The fourth-order valence-corrected chi connectivity index (χ4v) is 2.52. The molecule has 0 saturated heterocycles. The number of aromatic nitrogens is 2. The fourth-order valence-electron chi connectivity index (χ4n) is 2.41. The van der Waals surface area contributed by atoms with Crippen LogP contribution in [0.5, 0.6) is 0 Å². The lowest BCUT2D eigenvalue weighted by molar-refractivity contribution is 0.383. The van der Waals surface area contributed by atoms with Gasteiger partial charge in [-0.1, -0.05) is 65.8 Å². The van der Waals surface area contributed by atoms with Gasteiger partial charge in [-0.3, -0.25) is 0 Å². The Labute approximate surface area is 128 Å². The van der Waals surface area contributed by atoms with Gasteiger partial charge < -0.3 is 4.52 Å². The van der Waals surface area contributed by atoms with E-state index in [1.807, 2.05) is 36.4 Å². The van der Waals surface area contributed by atoms with Gasteiger partial charge in [0.1, 0.15) is 5.88 Å². The van der Waals surface area contributed by atoms with Crippen LogP contribution in [0.1, 0.15) is 28.8 Å². The van der Waals surface area contributed by atoms with E-state index in [0.29, 0.717) is 18.1 Å². The van der Waals surface area contributed by atoms with E-state index in [0.717, 1.165) is 0 Å². The average molecular weight is 299 g/mol. The van der Waals surface area contributed by atoms with Crippen molar-refractivity contribution in [3.8, 4) is 0 Å². The Morgan fingerprint density at radius 2 is 1.48 bits per heavy atom. The Bertz CT molecular complexity index is 643. The first kappa shape index (κ1) is 13.8. The first-order chi connectivity index (χ1) is 10.4. The SMILES string of the molecule is ClCc1nc(CC(c2ccccc2)c2ccccc2)no1. The van der Waals surface area contributed by atoms with Crippen molar-refractivity contribution in [2.45, 2.75) is 18.2 Å². The molecule has 0 unspecified atom stereocenters. The third-order valence-electron chi connectivity index (χ3n) is 3.42. The van der Waals surface area contributed by atoms with Crippen LogP contribution in [0, 0.1) is 0 Å². The maximum atomic E-state index is 5.71. The predicted octanol–water partition coefficient (Wildman–Crippen LogP) is 4.18. The first-order valence-electron chi connectivity index (χ1n) is 6.84. The van der Waals surface area contributed by atoms with E-state index in [-0.39, 0.29) is 11.8 Å². The summed E-state index contributed by atoms with van der Waals surface area (Å²) in [6.45, 7) is 0. The van der Waals surface area contributed by atoms with Crippen molar-refractivity contribution in [2.24, 2.45) is 0 Å². The maximum absolute atomic E-state index is 5.71. The van der Waals surface area contributed by atoms with Crippen molar-refractivity contribution in [3.05, 3.63) is 83.5 Å². The summed E-state index contributed by atoms with van der Waals surface area (Å²) in [4.78, 5) is 4.31. The van der Waals surface area contributed by atoms with Gasteiger partial charge in [0, 0.05) is 12.3 Å². The Morgan fingerprint density at radius 3 is 1.95 bits per heavy atom. The van der Waals surface area contributed by atoms with Gasteiger partial charge in [0.15, 0.2) is 5.82 Å². The second-order valence-electron chi connectivity index (χ2n) is 4.82. The van der Waals surface area contributed by atoms with Crippen LogP contribution >= 0.6 is 11.6 Å². The molecule has 3 aromatic rings. The molecule has 0 atom stereocenters. The molecule has 0 amide bonds. The molecule has 3 rings (SSSR count). The Kier molecular flexibility index (Phi) is 4.31. The molecule has 0 radical (unpaired) electrons. The summed E-state index contributed by atoms with van der Waals surface area (Å²) in [7, 11) is 0. The van der Waals surface area contributed by atoms with Gasteiger partial charge in [0.05, 0.1) is 0 Å². The topological polar surface area (TPSA) is 38.9 Å². The van der Waals surface area contributed by atoms with Crippen molar-refractivity contribution < 1.29 is 4.52 Å². The van der Waals surface area contributed by atoms with Crippen molar-refractivity contribution in [1.29, 1.82) is 0 Å². The van der Waals surface area contributed by atoms with Crippen LogP contribution in [0.3, 0.4) is 0 Å². The van der Waals surface area contributed by atoms with Gasteiger partial charge in [-0.25, -0.2) is 0 Å². The van der Waals surface area contributed by atoms with E-state index < -0.39 is 0 Å². The minimum atomic E-state index is 0.202. The lowest BCUT2D eigenvalue weighted by atomic mass is 9.88. The molecule has 1 heterocycles. The highest BCUT2D eigenvalue weighted by atomic mass is 35.5. The summed E-state index contributed by atoms with van der Waals surface area (Å²) >= 11 is 5.71. The minimum Gasteiger partial charge on any atom is -0.338 e. The van der Waals surface area contributed by atoms with Crippen molar-refractivity contribution in [1.82, 2.24) is 10.1 Å². The number of nitrogens with zero attached hydrogens (tertiary/aromatic N) is 2. The van der Waals surface area contributed by atoms with Gasteiger partial charge in [0.2, 0.25) is 5.89 Å². The van der Waals surface area contributed by atoms with Crippen LogP contribution in [0.4, 0.5) is 0 Å². The molecule has 3 nitrogen and oxygen atoms in total. The van der Waals surface area contributed by atoms with Crippen LogP contribution < -0.4 is 0 Å². The van der Waals surface area contributed by atoms with Gasteiger partial charge in [-0.2, -0.15) is 4.98 Å². The quantitative estimate of drug-likeness (QED) is 0.663. The molecule has 0 fully saturated rings. The van der Waals surface area contributed by atoms with Gasteiger partial charge >= 0.3 is 0 Å². The second-order valence-corrected chi connectivity index (χ2v) is 5.08. The zero-order chi connectivity index (χ0) is 14.5. The van der Waals surface area contributed by atoms with Crippen LogP contribution in [0.2, 0.25) is 0 Å². The second kappa shape index (κ2) is 6.55. The molecule has 0 aliphatic carbocycles. The minimum absolute atomic E-state index is 0.202. The van der Waals surface area contributed by atoms with Crippen LogP contribution in [-0.4, -0.2) is 10.1 Å². The summed E-state index contributed by atoms with van der Waals surface area (Å²) in [5.74, 6) is 1.59. The fraction of sp³-hybridized carbons (Fsp3) is 0.176. The molecule has 1 aromatic heterocycles. The van der Waals surface area contributed by atoms with E-state index in [2.05, 4.69) is 34.4 Å². The highest BCUT2D eigenvalue weighted by molar-refractivity contribution is 6.16. The average Bonchev–Trinajstić information content (AvgIpc) is 3.02. The zero-order valence-corrected chi connectivity index (χ0v) is 12.2. The first-order valence-corrected chi connectivity index (χ1v) is 7.37. The normalized spacial score (nSPS) is 11.0. The van der Waals surface area contributed by atoms with E-state index in [1.54, 1.807) is 0 Å². The number of hydrogen-bond donors (Lipinski definition) is 0. The standard InChI is InChI=1S/C17H15ClN2O/c18-12-17-19-16(20-21-17)11-15(13-7-3-1-4-8-13)14-9-5-2-6-10-14/h1-10,15H,11-12H2. The third kappa shape index (κ3) is 3.31. The van der Waals surface area contributed by atoms with Crippen molar-refractivity contribution >= 4 is 11.6 Å². The summed E-state index contributed by atoms with van der Waals surface area (Å²) in [5, 5.41) is 4.01. The molecule has 0 aliphatic heterocycles. The van der Waals surface area contributed by atoms with E-state index >= 15 is 0 Å². The van der Waals surface area contributed by atoms with Crippen LogP contribution in [0.25, 0.3) is 0 Å². The van der Waals surface area contributed by atoms with Gasteiger partial charge in [-0.15, -0.1) is 11.6 Å². The molecule has 0 aliphatic rings. The molecule has 21 heavy (non-hydrogen) atoms. The molecule has 0 N–H and O–H groups in total. The Balaban J connectivity index is 1.93. The number of rotatable bonds is 5. The monoisotopic (exact) mass is 298 g/mol. The van der Waals surface area contributed by atoms with Crippen LogP contribution in [0.15, 0.2) is 65.2 Å². The number of benzene rings is 2. The molecule has 0 saturated carbocycles. The number of hydrogen-bond acceptors (Lipinski definition) is 3. The molecule has 106 valence electrons. The Hall–Kier alpha value is -2.13. The molecular formula is C17H15ClN2O. The molecule has 2 aromatic carbocycles. The number of halogens is 1. The molecule has 4 heteroatoms. The molecule has 0 bridgehead atoms. The Morgan fingerprint density at radius 1 is 0.905 bits per heavy atom. The largest absolute Gasteiger partial charge is 0.338 e. The summed E-state index contributed by atoms with van der Waals surface area (Å²) in [5.41, 5.74) is 2.47. The van der Waals surface area contributed by atoms with E-state index in [4.69, 9.17) is 16.1 Å². The van der Waals surface area contributed by atoms with E-state index in [9.17, 15) is 0 Å². The maximum Gasteiger partial charge on any atom is 0.241 e. The zero-order valence-electron chi connectivity index (χ0n) is 11.4. The predicted molar refractivity (Wildman–Crippen MR) is 82.3 cm³/mol. The number of alkyl halides is 1. The lowest BCUT2D eigenvalue weighted by Gasteiger charge is -2.16.